The van der Waals surface area contributed by atoms with Gasteiger partial charge in [0.25, 0.3) is 0 Å². The van der Waals surface area contributed by atoms with Gasteiger partial charge in [0.05, 0.1) is 12.1 Å². The van der Waals surface area contributed by atoms with Crippen molar-refractivity contribution in [3.8, 4) is 0 Å². The van der Waals surface area contributed by atoms with E-state index < -0.39 is 11.9 Å². The number of nitrogens with zero attached hydrogens (tertiary/aromatic N) is 1. The SMILES string of the molecule is O=CC(CC(=O)O)Cc1cocn1. The van der Waals surface area contributed by atoms with Crippen LogP contribution in [0.5, 0.6) is 0 Å². The minimum absolute atomic E-state index is 0.170. The highest BCUT2D eigenvalue weighted by Crippen LogP contribution is 2.08. The van der Waals surface area contributed by atoms with E-state index in [1.807, 2.05) is 0 Å². The maximum Gasteiger partial charge on any atom is 0.304 e. The maximum atomic E-state index is 10.4. The van der Waals surface area contributed by atoms with Gasteiger partial charge in [-0.1, -0.05) is 0 Å². The second-order valence-electron chi connectivity index (χ2n) is 2.68. The molecule has 5 nitrogen and oxygen atoms in total. The van der Waals surface area contributed by atoms with Crippen molar-refractivity contribution in [1.29, 1.82) is 0 Å². The van der Waals surface area contributed by atoms with Gasteiger partial charge in [0, 0.05) is 12.3 Å². The number of carboxylic acid groups (broad SMARTS) is 1. The quantitative estimate of drug-likeness (QED) is 0.672. The smallest absolute Gasteiger partial charge is 0.304 e. The Hall–Kier alpha value is -1.65. The molecule has 0 aliphatic heterocycles. The summed E-state index contributed by atoms with van der Waals surface area (Å²) < 4.78 is 4.69. The van der Waals surface area contributed by atoms with Crippen LogP contribution in [0, 0.1) is 5.92 Å². The fourth-order valence-electron chi connectivity index (χ4n) is 1.000. The van der Waals surface area contributed by atoms with Gasteiger partial charge in [0.1, 0.15) is 12.5 Å². The van der Waals surface area contributed by atoms with E-state index in [9.17, 15) is 9.59 Å². The summed E-state index contributed by atoms with van der Waals surface area (Å²) in [6.07, 6.45) is 3.42. The first-order chi connectivity index (χ1) is 6.22. The Balaban J connectivity index is 2.49. The highest BCUT2D eigenvalue weighted by molar-refractivity contribution is 5.71. The van der Waals surface area contributed by atoms with Gasteiger partial charge < -0.3 is 14.3 Å². The van der Waals surface area contributed by atoms with Gasteiger partial charge in [-0.15, -0.1) is 0 Å². The molecule has 1 atom stereocenters. The van der Waals surface area contributed by atoms with Crippen molar-refractivity contribution < 1.29 is 19.1 Å². The van der Waals surface area contributed by atoms with Crippen LogP contribution in [0.3, 0.4) is 0 Å². The van der Waals surface area contributed by atoms with E-state index in [4.69, 9.17) is 9.52 Å². The number of carbonyl (C=O) groups excluding carboxylic acids is 1. The Bertz CT molecular complexity index is 280. The molecule has 1 unspecified atom stereocenters. The highest BCUT2D eigenvalue weighted by Gasteiger charge is 2.13. The molecule has 5 heteroatoms. The number of aromatic nitrogens is 1. The summed E-state index contributed by atoms with van der Waals surface area (Å²) in [7, 11) is 0. The lowest BCUT2D eigenvalue weighted by Crippen LogP contribution is -2.12. The topological polar surface area (TPSA) is 80.4 Å². The molecule has 0 saturated heterocycles. The minimum Gasteiger partial charge on any atom is -0.481 e. The van der Waals surface area contributed by atoms with Crippen molar-refractivity contribution in [3.63, 3.8) is 0 Å². The summed E-state index contributed by atoms with van der Waals surface area (Å²) in [6.45, 7) is 0. The van der Waals surface area contributed by atoms with E-state index >= 15 is 0 Å². The molecule has 1 heterocycles. The Morgan fingerprint density at radius 2 is 2.54 bits per heavy atom. The predicted molar refractivity (Wildman–Crippen MR) is 42.0 cm³/mol. The number of hydrogen-bond donors (Lipinski definition) is 1. The van der Waals surface area contributed by atoms with Crippen molar-refractivity contribution in [2.24, 2.45) is 5.92 Å². The predicted octanol–water partition coefficient (Wildman–Crippen LogP) is 0.507. The normalized spacial score (nSPS) is 12.3. The monoisotopic (exact) mass is 183 g/mol. The molecule has 0 spiro atoms. The fourth-order valence-corrected chi connectivity index (χ4v) is 1.000. The van der Waals surface area contributed by atoms with Crippen LogP contribution in [0.4, 0.5) is 0 Å². The molecule has 1 aromatic rings. The van der Waals surface area contributed by atoms with Crippen molar-refractivity contribution in [2.75, 3.05) is 0 Å². The largest absolute Gasteiger partial charge is 0.481 e. The van der Waals surface area contributed by atoms with Gasteiger partial charge in [0.2, 0.25) is 0 Å². The van der Waals surface area contributed by atoms with Crippen LogP contribution in [-0.4, -0.2) is 22.3 Å². The van der Waals surface area contributed by atoms with Gasteiger partial charge in [-0.05, 0) is 0 Å². The summed E-state index contributed by atoms with van der Waals surface area (Å²) in [4.78, 5) is 24.5. The standard InChI is InChI=1S/C8H9NO4/c10-3-6(2-8(11)12)1-7-4-13-5-9-7/h3-6H,1-2H2,(H,11,12). The van der Waals surface area contributed by atoms with E-state index in [2.05, 4.69) is 4.98 Å². The van der Waals surface area contributed by atoms with Gasteiger partial charge in [-0.25, -0.2) is 4.98 Å². The molecule has 0 amide bonds. The lowest BCUT2D eigenvalue weighted by atomic mass is 10.0. The molecule has 0 bridgehead atoms. The third kappa shape index (κ3) is 3.06. The lowest BCUT2D eigenvalue weighted by molar-refractivity contribution is -0.139. The molecule has 70 valence electrons. The van der Waals surface area contributed by atoms with Crippen LogP contribution in [0.1, 0.15) is 12.1 Å². The van der Waals surface area contributed by atoms with Crippen LogP contribution in [0.2, 0.25) is 0 Å². The number of aliphatic carboxylic acids is 1. The molecule has 0 fully saturated rings. The van der Waals surface area contributed by atoms with Gasteiger partial charge in [0.15, 0.2) is 6.39 Å². The molecular weight excluding hydrogens is 174 g/mol. The molecule has 0 aliphatic carbocycles. The summed E-state index contributed by atoms with van der Waals surface area (Å²) in [5, 5.41) is 8.44. The van der Waals surface area contributed by atoms with Crippen molar-refractivity contribution >= 4 is 12.3 Å². The minimum atomic E-state index is -0.986. The number of hydrogen-bond acceptors (Lipinski definition) is 4. The number of rotatable bonds is 5. The number of carbonyl (C=O) groups is 2. The van der Waals surface area contributed by atoms with E-state index in [1.165, 1.54) is 12.7 Å². The lowest BCUT2D eigenvalue weighted by Gasteiger charge is -2.02. The van der Waals surface area contributed by atoms with Crippen LogP contribution in [0.25, 0.3) is 0 Å². The second-order valence-corrected chi connectivity index (χ2v) is 2.68. The molecular formula is C8H9NO4. The number of oxazole rings is 1. The third-order valence-electron chi connectivity index (χ3n) is 1.58. The highest BCUT2D eigenvalue weighted by atomic mass is 16.4. The molecule has 1 N–H and O–H groups in total. The van der Waals surface area contributed by atoms with Crippen LogP contribution in [-0.2, 0) is 16.0 Å². The van der Waals surface area contributed by atoms with E-state index in [0.717, 1.165) is 0 Å². The Morgan fingerprint density at radius 1 is 1.77 bits per heavy atom. The zero-order valence-corrected chi connectivity index (χ0v) is 6.84. The summed E-state index contributed by atoms with van der Waals surface area (Å²) in [6, 6.07) is 0. The molecule has 1 aromatic heterocycles. The Kier molecular flexibility index (Phi) is 3.19. The summed E-state index contributed by atoms with van der Waals surface area (Å²) in [5.74, 6) is -1.51. The van der Waals surface area contributed by atoms with Crippen LogP contribution in [0.15, 0.2) is 17.1 Å². The number of aldehydes is 1. The van der Waals surface area contributed by atoms with Gasteiger partial charge in [-0.3, -0.25) is 4.79 Å². The zero-order valence-electron chi connectivity index (χ0n) is 6.84. The van der Waals surface area contributed by atoms with E-state index in [0.29, 0.717) is 18.4 Å². The third-order valence-corrected chi connectivity index (χ3v) is 1.58. The second kappa shape index (κ2) is 4.39. The molecule has 1 rings (SSSR count). The van der Waals surface area contributed by atoms with Gasteiger partial charge >= 0.3 is 5.97 Å². The molecule has 0 radical (unpaired) electrons. The molecule has 0 aliphatic rings. The van der Waals surface area contributed by atoms with Crippen LogP contribution < -0.4 is 0 Å². The summed E-state index contributed by atoms with van der Waals surface area (Å²) >= 11 is 0. The first-order valence-corrected chi connectivity index (χ1v) is 3.76. The molecule has 0 aromatic carbocycles. The van der Waals surface area contributed by atoms with Crippen molar-refractivity contribution in [1.82, 2.24) is 4.98 Å². The molecule has 13 heavy (non-hydrogen) atoms. The van der Waals surface area contributed by atoms with Crippen molar-refractivity contribution in [3.05, 3.63) is 18.4 Å². The molecule has 0 saturated carbocycles. The first-order valence-electron chi connectivity index (χ1n) is 3.76. The van der Waals surface area contributed by atoms with Crippen LogP contribution >= 0.6 is 0 Å². The van der Waals surface area contributed by atoms with Crippen molar-refractivity contribution in [2.45, 2.75) is 12.8 Å². The first kappa shape index (κ1) is 9.44. The average Bonchev–Trinajstić information content (AvgIpc) is 2.55. The van der Waals surface area contributed by atoms with E-state index in [1.54, 1.807) is 0 Å². The Morgan fingerprint density at radius 3 is 3.00 bits per heavy atom. The van der Waals surface area contributed by atoms with Gasteiger partial charge in [-0.2, -0.15) is 0 Å². The average molecular weight is 183 g/mol. The van der Waals surface area contributed by atoms with E-state index in [-0.39, 0.29) is 6.42 Å². The summed E-state index contributed by atoms with van der Waals surface area (Å²) in [5.41, 5.74) is 0.596. The number of carboxylic acids is 1. The fraction of sp³-hybridized carbons (Fsp3) is 0.375. The Labute approximate surface area is 74.4 Å². The zero-order chi connectivity index (χ0) is 9.68. The maximum absolute atomic E-state index is 10.4.